The average molecular weight is 326 g/mol. The first-order chi connectivity index (χ1) is 10.4. The Balaban J connectivity index is 1.73. The molecule has 1 N–H and O–H groups in total. The first-order valence-electron chi connectivity index (χ1n) is 7.88. The number of benzene rings is 1. The van der Waals surface area contributed by atoms with Gasteiger partial charge < -0.3 is 10.0 Å². The largest absolute Gasteiger partial charge is 0.389 e. The van der Waals surface area contributed by atoms with Gasteiger partial charge in [0, 0.05) is 24.0 Å². The van der Waals surface area contributed by atoms with Gasteiger partial charge in [0.15, 0.2) is 0 Å². The van der Waals surface area contributed by atoms with Crippen LogP contribution in [0.1, 0.15) is 43.0 Å². The van der Waals surface area contributed by atoms with Gasteiger partial charge in [0.1, 0.15) is 5.82 Å². The van der Waals surface area contributed by atoms with E-state index in [9.17, 15) is 14.3 Å². The topological polar surface area (TPSA) is 40.5 Å². The number of piperidine rings is 1. The van der Waals surface area contributed by atoms with Crippen molar-refractivity contribution < 1.29 is 14.3 Å². The van der Waals surface area contributed by atoms with Crippen LogP contribution in [0.2, 0.25) is 5.02 Å². The van der Waals surface area contributed by atoms with Crippen LogP contribution in [0.5, 0.6) is 0 Å². The standard InChI is InChI=1S/C17H21ClFNO2/c1-11-10-20(8-7-17(11,22)12-3-2-4-12)16(21)14-6-5-13(18)9-15(14)19/h5-6,9,11-12,22H,2-4,7-8,10H2,1H3. The van der Waals surface area contributed by atoms with Gasteiger partial charge in [0.2, 0.25) is 0 Å². The smallest absolute Gasteiger partial charge is 0.256 e. The highest BCUT2D eigenvalue weighted by Gasteiger charge is 2.47. The Labute approximate surface area is 135 Å². The number of likely N-dealkylation sites (tertiary alicyclic amines) is 1. The summed E-state index contributed by atoms with van der Waals surface area (Å²) in [7, 11) is 0. The van der Waals surface area contributed by atoms with Crippen LogP contribution >= 0.6 is 11.6 Å². The molecular formula is C17H21ClFNO2. The van der Waals surface area contributed by atoms with Gasteiger partial charge in [0.25, 0.3) is 5.91 Å². The van der Waals surface area contributed by atoms with E-state index in [2.05, 4.69) is 0 Å². The number of carbonyl (C=O) groups excluding carboxylic acids is 1. The van der Waals surface area contributed by atoms with Crippen LogP contribution in [0.25, 0.3) is 0 Å². The molecule has 2 unspecified atom stereocenters. The van der Waals surface area contributed by atoms with Gasteiger partial charge in [-0.15, -0.1) is 0 Å². The van der Waals surface area contributed by atoms with Crippen molar-refractivity contribution >= 4 is 17.5 Å². The quantitative estimate of drug-likeness (QED) is 0.904. The van der Waals surface area contributed by atoms with Crippen molar-refractivity contribution in [3.8, 4) is 0 Å². The maximum atomic E-state index is 13.9. The van der Waals surface area contributed by atoms with Gasteiger partial charge in [-0.3, -0.25) is 4.79 Å². The molecule has 1 saturated carbocycles. The van der Waals surface area contributed by atoms with Crippen molar-refractivity contribution in [2.45, 2.75) is 38.2 Å². The summed E-state index contributed by atoms with van der Waals surface area (Å²) in [5.41, 5.74) is -0.626. The molecule has 5 heteroatoms. The molecule has 1 saturated heterocycles. The van der Waals surface area contributed by atoms with Crippen molar-refractivity contribution in [2.24, 2.45) is 11.8 Å². The lowest BCUT2D eigenvalue weighted by Crippen LogP contribution is -2.57. The minimum absolute atomic E-state index is 0.00543. The predicted molar refractivity (Wildman–Crippen MR) is 83.4 cm³/mol. The summed E-state index contributed by atoms with van der Waals surface area (Å²) >= 11 is 5.73. The molecule has 2 atom stereocenters. The van der Waals surface area contributed by atoms with E-state index >= 15 is 0 Å². The fraction of sp³-hybridized carbons (Fsp3) is 0.588. The van der Waals surface area contributed by atoms with Gasteiger partial charge in [-0.05, 0) is 43.4 Å². The Morgan fingerprint density at radius 1 is 1.45 bits per heavy atom. The number of carbonyl (C=O) groups is 1. The molecule has 1 amide bonds. The van der Waals surface area contributed by atoms with Crippen molar-refractivity contribution in [3.63, 3.8) is 0 Å². The van der Waals surface area contributed by atoms with Gasteiger partial charge in [-0.1, -0.05) is 24.9 Å². The maximum Gasteiger partial charge on any atom is 0.256 e. The predicted octanol–water partition coefficient (Wildman–Crippen LogP) is 3.49. The van der Waals surface area contributed by atoms with Crippen molar-refractivity contribution in [3.05, 3.63) is 34.6 Å². The SMILES string of the molecule is CC1CN(C(=O)c2ccc(Cl)cc2F)CCC1(O)C1CCC1. The molecule has 1 aromatic carbocycles. The number of hydrogen-bond acceptors (Lipinski definition) is 2. The van der Waals surface area contributed by atoms with Crippen molar-refractivity contribution in [1.82, 2.24) is 4.90 Å². The summed E-state index contributed by atoms with van der Waals surface area (Å²) in [5.74, 6) is -0.556. The number of amides is 1. The van der Waals surface area contributed by atoms with Gasteiger partial charge in [0.05, 0.1) is 11.2 Å². The van der Waals surface area contributed by atoms with Crippen LogP contribution in [0.15, 0.2) is 18.2 Å². The molecule has 1 aliphatic heterocycles. The summed E-state index contributed by atoms with van der Waals surface area (Å²) in [4.78, 5) is 14.1. The second-order valence-corrected chi connectivity index (χ2v) is 7.08. The number of hydrogen-bond donors (Lipinski definition) is 1. The highest BCUT2D eigenvalue weighted by Crippen LogP contribution is 2.44. The highest BCUT2D eigenvalue weighted by atomic mass is 35.5. The summed E-state index contributed by atoms with van der Waals surface area (Å²) in [6, 6.07) is 4.11. The molecule has 120 valence electrons. The second kappa shape index (κ2) is 5.82. The van der Waals surface area contributed by atoms with E-state index in [-0.39, 0.29) is 22.4 Å². The van der Waals surface area contributed by atoms with E-state index < -0.39 is 11.4 Å². The first-order valence-corrected chi connectivity index (χ1v) is 8.26. The minimum atomic E-state index is -0.673. The van der Waals surface area contributed by atoms with E-state index in [0.29, 0.717) is 25.4 Å². The molecule has 2 fully saturated rings. The fourth-order valence-electron chi connectivity index (χ4n) is 3.67. The Hall–Kier alpha value is -1.13. The Morgan fingerprint density at radius 3 is 2.73 bits per heavy atom. The lowest BCUT2D eigenvalue weighted by atomic mass is 9.65. The molecule has 1 aliphatic carbocycles. The third-order valence-electron chi connectivity index (χ3n) is 5.39. The first kappa shape index (κ1) is 15.8. The van der Waals surface area contributed by atoms with Crippen LogP contribution in [0.4, 0.5) is 4.39 Å². The zero-order valence-corrected chi connectivity index (χ0v) is 13.4. The normalized spacial score (nSPS) is 29.3. The maximum absolute atomic E-state index is 13.9. The Bertz CT molecular complexity index is 590. The van der Waals surface area contributed by atoms with Crippen molar-refractivity contribution in [1.29, 1.82) is 0 Å². The third kappa shape index (κ3) is 2.63. The molecule has 0 aromatic heterocycles. The molecular weight excluding hydrogens is 305 g/mol. The third-order valence-corrected chi connectivity index (χ3v) is 5.63. The molecule has 0 spiro atoms. The van der Waals surface area contributed by atoms with Gasteiger partial charge in [-0.25, -0.2) is 4.39 Å². The molecule has 1 heterocycles. The van der Waals surface area contributed by atoms with Crippen molar-refractivity contribution in [2.75, 3.05) is 13.1 Å². The number of halogens is 2. The van der Waals surface area contributed by atoms with E-state index in [4.69, 9.17) is 11.6 Å². The lowest BCUT2D eigenvalue weighted by molar-refractivity contribution is -0.122. The van der Waals surface area contributed by atoms with Crippen LogP contribution in [-0.2, 0) is 0 Å². The van der Waals surface area contributed by atoms with Crippen LogP contribution in [0, 0.1) is 17.7 Å². The lowest BCUT2D eigenvalue weighted by Gasteiger charge is -2.50. The van der Waals surface area contributed by atoms with E-state index in [0.717, 1.165) is 18.9 Å². The van der Waals surface area contributed by atoms with Crippen LogP contribution in [-0.4, -0.2) is 34.6 Å². The zero-order chi connectivity index (χ0) is 15.9. The number of rotatable bonds is 2. The molecule has 3 nitrogen and oxygen atoms in total. The average Bonchev–Trinajstić information content (AvgIpc) is 2.39. The summed E-state index contributed by atoms with van der Waals surface area (Å²) < 4.78 is 13.9. The number of aliphatic hydroxyl groups is 1. The molecule has 22 heavy (non-hydrogen) atoms. The summed E-state index contributed by atoms with van der Waals surface area (Å²) in [5, 5.41) is 11.2. The van der Waals surface area contributed by atoms with E-state index in [1.165, 1.54) is 18.6 Å². The minimum Gasteiger partial charge on any atom is -0.389 e. The van der Waals surface area contributed by atoms with E-state index in [1.54, 1.807) is 4.90 Å². The van der Waals surface area contributed by atoms with E-state index in [1.807, 2.05) is 6.92 Å². The molecule has 2 aliphatic rings. The summed E-state index contributed by atoms with van der Waals surface area (Å²) in [6.45, 7) is 2.92. The molecule has 0 radical (unpaired) electrons. The van der Waals surface area contributed by atoms with Gasteiger partial charge >= 0.3 is 0 Å². The fourth-order valence-corrected chi connectivity index (χ4v) is 3.83. The highest BCUT2D eigenvalue weighted by molar-refractivity contribution is 6.30. The Kier molecular flexibility index (Phi) is 4.17. The van der Waals surface area contributed by atoms with Gasteiger partial charge in [-0.2, -0.15) is 0 Å². The monoisotopic (exact) mass is 325 g/mol. The molecule has 0 bridgehead atoms. The second-order valence-electron chi connectivity index (χ2n) is 6.65. The number of nitrogens with zero attached hydrogens (tertiary/aromatic N) is 1. The Morgan fingerprint density at radius 2 is 2.18 bits per heavy atom. The van der Waals surface area contributed by atoms with Crippen LogP contribution in [0.3, 0.4) is 0 Å². The van der Waals surface area contributed by atoms with Crippen LogP contribution < -0.4 is 0 Å². The summed E-state index contributed by atoms with van der Waals surface area (Å²) in [6.07, 6.45) is 3.89. The molecule has 1 aromatic rings. The molecule has 3 rings (SSSR count). The zero-order valence-electron chi connectivity index (χ0n) is 12.7.